The molecule has 1 aromatic carbocycles. The number of aryl methyl sites for hydroxylation is 1. The summed E-state index contributed by atoms with van der Waals surface area (Å²) in [6.07, 6.45) is 0. The van der Waals surface area contributed by atoms with Crippen LogP contribution in [0.25, 0.3) is 0 Å². The van der Waals surface area contributed by atoms with Crippen LogP contribution in [0.15, 0.2) is 24.3 Å². The number of anilines is 1. The lowest BCUT2D eigenvalue weighted by Crippen LogP contribution is -2.19. The number of hydrogen-bond donors (Lipinski definition) is 2. The SMILES string of the molecule is Cc1ccccc1NC(N)=O.P. The van der Waals surface area contributed by atoms with Gasteiger partial charge in [-0.05, 0) is 18.6 Å². The second kappa shape index (κ2) is 4.73. The van der Waals surface area contributed by atoms with E-state index in [1.165, 1.54) is 0 Å². The molecular weight excluding hydrogens is 171 g/mol. The van der Waals surface area contributed by atoms with E-state index in [-0.39, 0.29) is 9.90 Å². The summed E-state index contributed by atoms with van der Waals surface area (Å²) in [5.74, 6) is 0. The molecule has 66 valence electrons. The Hall–Kier alpha value is -1.08. The molecule has 1 rings (SSSR count). The van der Waals surface area contributed by atoms with Crippen LogP contribution in [0.4, 0.5) is 10.5 Å². The van der Waals surface area contributed by atoms with Gasteiger partial charge in [-0.25, -0.2) is 4.79 Å². The second-order valence-electron chi connectivity index (χ2n) is 2.30. The van der Waals surface area contributed by atoms with E-state index < -0.39 is 6.03 Å². The molecule has 12 heavy (non-hydrogen) atoms. The van der Waals surface area contributed by atoms with Gasteiger partial charge < -0.3 is 11.1 Å². The number of rotatable bonds is 1. The van der Waals surface area contributed by atoms with Gasteiger partial charge >= 0.3 is 6.03 Å². The topological polar surface area (TPSA) is 55.1 Å². The predicted molar refractivity (Wildman–Crippen MR) is 55.5 cm³/mol. The number of nitrogens with two attached hydrogens (primary N) is 1. The molecule has 1 unspecified atom stereocenters. The van der Waals surface area contributed by atoms with Crippen LogP contribution in [0, 0.1) is 6.92 Å². The van der Waals surface area contributed by atoms with Gasteiger partial charge in [-0.1, -0.05) is 18.2 Å². The Morgan fingerprint density at radius 1 is 1.42 bits per heavy atom. The summed E-state index contributed by atoms with van der Waals surface area (Å²) < 4.78 is 0. The van der Waals surface area contributed by atoms with Gasteiger partial charge in [0.05, 0.1) is 0 Å². The van der Waals surface area contributed by atoms with Crippen molar-refractivity contribution in [3.05, 3.63) is 29.8 Å². The first-order valence-electron chi connectivity index (χ1n) is 3.32. The minimum absolute atomic E-state index is 0. The Labute approximate surface area is 75.0 Å². The van der Waals surface area contributed by atoms with E-state index >= 15 is 0 Å². The maximum atomic E-state index is 10.4. The average molecular weight is 184 g/mol. The van der Waals surface area contributed by atoms with E-state index in [1.54, 1.807) is 6.07 Å². The Balaban J connectivity index is 0.00000121. The van der Waals surface area contributed by atoms with Crippen LogP contribution in [0.2, 0.25) is 0 Å². The van der Waals surface area contributed by atoms with Crippen LogP contribution in [-0.4, -0.2) is 6.03 Å². The molecule has 3 N–H and O–H groups in total. The lowest BCUT2D eigenvalue weighted by molar-refractivity contribution is 0.259. The molecular formula is C8H13N2OP. The fourth-order valence-corrected chi connectivity index (χ4v) is 0.846. The number of carbonyl (C=O) groups excluding carboxylic acids is 1. The highest BCUT2D eigenvalue weighted by atomic mass is 31.0. The number of para-hydroxylation sites is 1. The first-order valence-corrected chi connectivity index (χ1v) is 3.32. The van der Waals surface area contributed by atoms with Crippen molar-refractivity contribution >= 4 is 21.6 Å². The van der Waals surface area contributed by atoms with E-state index in [9.17, 15) is 4.79 Å². The van der Waals surface area contributed by atoms with Crippen molar-refractivity contribution in [2.75, 3.05) is 5.32 Å². The van der Waals surface area contributed by atoms with Crippen LogP contribution in [-0.2, 0) is 0 Å². The lowest BCUT2D eigenvalue weighted by atomic mass is 10.2. The van der Waals surface area contributed by atoms with Crippen molar-refractivity contribution in [2.45, 2.75) is 6.92 Å². The van der Waals surface area contributed by atoms with Crippen molar-refractivity contribution in [2.24, 2.45) is 5.73 Å². The highest BCUT2D eigenvalue weighted by Gasteiger charge is 1.96. The number of benzene rings is 1. The molecule has 2 amide bonds. The van der Waals surface area contributed by atoms with Gasteiger partial charge in [-0.2, -0.15) is 9.90 Å². The zero-order valence-electron chi connectivity index (χ0n) is 7.00. The molecule has 0 aliphatic carbocycles. The minimum Gasteiger partial charge on any atom is -0.351 e. The van der Waals surface area contributed by atoms with E-state index in [4.69, 9.17) is 5.73 Å². The van der Waals surface area contributed by atoms with Gasteiger partial charge in [0.25, 0.3) is 0 Å². The van der Waals surface area contributed by atoms with E-state index in [0.717, 1.165) is 11.3 Å². The average Bonchev–Trinajstić information content (AvgIpc) is 1.93. The molecule has 0 bridgehead atoms. The molecule has 0 radical (unpaired) electrons. The van der Waals surface area contributed by atoms with Crippen molar-refractivity contribution in [1.29, 1.82) is 0 Å². The molecule has 0 fully saturated rings. The van der Waals surface area contributed by atoms with Gasteiger partial charge in [0.1, 0.15) is 0 Å². The monoisotopic (exact) mass is 184 g/mol. The van der Waals surface area contributed by atoms with Crippen LogP contribution in [0.1, 0.15) is 5.56 Å². The van der Waals surface area contributed by atoms with Crippen LogP contribution < -0.4 is 11.1 Å². The zero-order valence-corrected chi connectivity index (χ0v) is 8.42. The highest BCUT2D eigenvalue weighted by molar-refractivity contribution is 6.92. The molecule has 0 aromatic heterocycles. The quantitative estimate of drug-likeness (QED) is 0.639. The van der Waals surface area contributed by atoms with Gasteiger partial charge in [0.15, 0.2) is 0 Å². The third-order valence-corrected chi connectivity index (χ3v) is 1.40. The predicted octanol–water partition coefficient (Wildman–Crippen LogP) is 1.54. The number of primary amides is 1. The molecule has 0 aliphatic heterocycles. The van der Waals surface area contributed by atoms with Crippen molar-refractivity contribution in [3.8, 4) is 0 Å². The Kier molecular flexibility index (Phi) is 4.30. The molecule has 0 aliphatic rings. The van der Waals surface area contributed by atoms with Crippen molar-refractivity contribution in [3.63, 3.8) is 0 Å². The molecule has 1 aromatic rings. The first-order chi connectivity index (χ1) is 5.20. The third kappa shape index (κ3) is 2.89. The standard InChI is InChI=1S/C8H10N2O.H3P/c1-6-4-2-3-5-7(6)10-8(9)11;/h2-5H,1H3,(H3,9,10,11);1H3. The summed E-state index contributed by atoms with van der Waals surface area (Å²) in [7, 11) is 0. The van der Waals surface area contributed by atoms with E-state index in [2.05, 4.69) is 5.32 Å². The Morgan fingerprint density at radius 2 is 2.00 bits per heavy atom. The molecule has 0 saturated heterocycles. The van der Waals surface area contributed by atoms with Gasteiger partial charge in [-0.15, -0.1) is 0 Å². The Morgan fingerprint density at radius 3 is 2.50 bits per heavy atom. The summed E-state index contributed by atoms with van der Waals surface area (Å²) in [4.78, 5) is 10.4. The number of nitrogens with one attached hydrogen (secondary N) is 1. The molecule has 0 heterocycles. The number of hydrogen-bond acceptors (Lipinski definition) is 1. The van der Waals surface area contributed by atoms with E-state index in [0.29, 0.717) is 0 Å². The summed E-state index contributed by atoms with van der Waals surface area (Å²) in [5, 5.41) is 2.51. The highest BCUT2D eigenvalue weighted by Crippen LogP contribution is 2.11. The summed E-state index contributed by atoms with van der Waals surface area (Å²) in [6, 6.07) is 6.94. The first kappa shape index (κ1) is 10.9. The smallest absolute Gasteiger partial charge is 0.316 e. The van der Waals surface area contributed by atoms with E-state index in [1.807, 2.05) is 25.1 Å². The van der Waals surface area contributed by atoms with Gasteiger partial charge in [0.2, 0.25) is 0 Å². The minimum atomic E-state index is -0.528. The molecule has 3 nitrogen and oxygen atoms in total. The largest absolute Gasteiger partial charge is 0.351 e. The molecule has 0 spiro atoms. The maximum Gasteiger partial charge on any atom is 0.316 e. The Bertz CT molecular complexity index is 276. The lowest BCUT2D eigenvalue weighted by Gasteiger charge is -2.03. The summed E-state index contributed by atoms with van der Waals surface area (Å²) in [6.45, 7) is 1.91. The van der Waals surface area contributed by atoms with Crippen molar-refractivity contribution in [1.82, 2.24) is 0 Å². The van der Waals surface area contributed by atoms with Crippen LogP contribution >= 0.6 is 9.90 Å². The normalized spacial score (nSPS) is 8.42. The van der Waals surface area contributed by atoms with Gasteiger partial charge in [0, 0.05) is 5.69 Å². The molecule has 4 heteroatoms. The fraction of sp³-hybridized carbons (Fsp3) is 0.125. The number of carbonyl (C=O) groups is 1. The third-order valence-electron chi connectivity index (χ3n) is 1.40. The second-order valence-corrected chi connectivity index (χ2v) is 2.30. The summed E-state index contributed by atoms with van der Waals surface area (Å²) >= 11 is 0. The number of urea groups is 1. The molecule has 1 atom stereocenters. The van der Waals surface area contributed by atoms with Gasteiger partial charge in [-0.3, -0.25) is 0 Å². The van der Waals surface area contributed by atoms with Crippen LogP contribution in [0.5, 0.6) is 0 Å². The zero-order chi connectivity index (χ0) is 8.27. The fourth-order valence-electron chi connectivity index (χ4n) is 0.846. The van der Waals surface area contributed by atoms with Crippen LogP contribution in [0.3, 0.4) is 0 Å². The summed E-state index contributed by atoms with van der Waals surface area (Å²) in [5.41, 5.74) is 6.71. The number of amides is 2. The van der Waals surface area contributed by atoms with Crippen molar-refractivity contribution < 1.29 is 4.79 Å². The maximum absolute atomic E-state index is 10.4. The molecule has 0 saturated carbocycles.